The van der Waals surface area contributed by atoms with E-state index >= 15 is 0 Å². The smallest absolute Gasteiger partial charge is 0.187 e. The van der Waals surface area contributed by atoms with Crippen LogP contribution in [0.1, 0.15) is 17.3 Å². The van der Waals surface area contributed by atoms with Crippen LogP contribution in [0.25, 0.3) is 0 Å². The minimum atomic E-state index is -0.336. The van der Waals surface area contributed by atoms with Gasteiger partial charge >= 0.3 is 0 Å². The number of carbonyl (C=O) groups excluding carboxylic acids is 1. The van der Waals surface area contributed by atoms with Crippen LogP contribution in [0.4, 0.5) is 10.1 Å². The molecular formula is C21H23FN2O2. The predicted octanol–water partition coefficient (Wildman–Crippen LogP) is 3.74. The van der Waals surface area contributed by atoms with Gasteiger partial charge in [0.15, 0.2) is 5.78 Å². The molecular weight excluding hydrogens is 331 g/mol. The molecule has 0 atom stereocenters. The van der Waals surface area contributed by atoms with E-state index in [1.165, 1.54) is 30.0 Å². The second-order valence-electron chi connectivity index (χ2n) is 6.33. The Morgan fingerprint density at radius 1 is 1.00 bits per heavy atom. The summed E-state index contributed by atoms with van der Waals surface area (Å²) in [6.45, 7) is 5.44. The zero-order valence-corrected chi connectivity index (χ0v) is 15.1. The van der Waals surface area contributed by atoms with E-state index in [1.807, 2.05) is 19.1 Å². The van der Waals surface area contributed by atoms with E-state index < -0.39 is 0 Å². The van der Waals surface area contributed by atoms with Gasteiger partial charge < -0.3 is 14.5 Å². The lowest BCUT2D eigenvalue weighted by Gasteiger charge is -2.37. The first-order valence-corrected chi connectivity index (χ1v) is 8.69. The zero-order chi connectivity index (χ0) is 18.5. The molecule has 1 heterocycles. The maximum absolute atomic E-state index is 13.0. The molecule has 3 rings (SSSR count). The van der Waals surface area contributed by atoms with Gasteiger partial charge in [-0.15, -0.1) is 0 Å². The van der Waals surface area contributed by atoms with Gasteiger partial charge in [-0.05, 0) is 55.5 Å². The molecule has 5 heteroatoms. The van der Waals surface area contributed by atoms with E-state index in [0.717, 1.165) is 37.6 Å². The molecule has 1 aliphatic rings. The first-order chi connectivity index (χ1) is 12.6. The SMILES string of the molecule is COc1ccc(N2CCN(/C(C)=C/C(=O)c3ccc(F)cc3)CC2)cc1. The van der Waals surface area contributed by atoms with Crippen LogP contribution in [0.2, 0.25) is 0 Å². The van der Waals surface area contributed by atoms with E-state index in [-0.39, 0.29) is 11.6 Å². The summed E-state index contributed by atoms with van der Waals surface area (Å²) in [5, 5.41) is 0. The van der Waals surface area contributed by atoms with Crippen molar-refractivity contribution in [2.24, 2.45) is 0 Å². The Balaban J connectivity index is 1.59. The molecule has 0 bridgehead atoms. The van der Waals surface area contributed by atoms with Gasteiger partial charge in [0.2, 0.25) is 0 Å². The summed E-state index contributed by atoms with van der Waals surface area (Å²) < 4.78 is 18.2. The molecule has 0 aliphatic carbocycles. The fraction of sp³-hybridized carbons (Fsp3) is 0.286. The predicted molar refractivity (Wildman–Crippen MR) is 101 cm³/mol. The number of ketones is 1. The van der Waals surface area contributed by atoms with Gasteiger partial charge in [0.1, 0.15) is 11.6 Å². The lowest BCUT2D eigenvalue weighted by molar-refractivity contribution is 0.104. The van der Waals surface area contributed by atoms with Crippen LogP contribution in [-0.2, 0) is 0 Å². The van der Waals surface area contributed by atoms with Crippen molar-refractivity contribution in [2.45, 2.75) is 6.92 Å². The van der Waals surface area contributed by atoms with E-state index in [9.17, 15) is 9.18 Å². The van der Waals surface area contributed by atoms with Gasteiger partial charge in [0, 0.05) is 49.2 Å². The Morgan fingerprint density at radius 3 is 2.19 bits per heavy atom. The van der Waals surface area contributed by atoms with Crippen LogP contribution in [0.5, 0.6) is 5.75 Å². The third-order valence-electron chi connectivity index (χ3n) is 4.68. The molecule has 0 unspecified atom stereocenters. The molecule has 0 saturated carbocycles. The number of carbonyl (C=O) groups is 1. The third kappa shape index (κ3) is 4.23. The van der Waals surface area contributed by atoms with Crippen LogP contribution >= 0.6 is 0 Å². The van der Waals surface area contributed by atoms with Gasteiger partial charge in [-0.2, -0.15) is 0 Å². The topological polar surface area (TPSA) is 32.8 Å². The summed E-state index contributed by atoms with van der Waals surface area (Å²) in [5.74, 6) is 0.419. The summed E-state index contributed by atoms with van der Waals surface area (Å²) in [6, 6.07) is 13.7. The number of anilines is 1. The van der Waals surface area contributed by atoms with Crippen LogP contribution in [0, 0.1) is 5.82 Å². The summed E-state index contributed by atoms with van der Waals surface area (Å²) in [6.07, 6.45) is 1.64. The van der Waals surface area contributed by atoms with Crippen molar-refractivity contribution in [1.82, 2.24) is 4.90 Å². The Labute approximate surface area is 153 Å². The molecule has 0 aromatic heterocycles. The number of ether oxygens (including phenoxy) is 1. The fourth-order valence-electron chi connectivity index (χ4n) is 3.09. The number of methoxy groups -OCH3 is 1. The van der Waals surface area contributed by atoms with Crippen molar-refractivity contribution in [3.63, 3.8) is 0 Å². The van der Waals surface area contributed by atoms with Gasteiger partial charge in [-0.3, -0.25) is 4.79 Å². The fourth-order valence-corrected chi connectivity index (χ4v) is 3.09. The van der Waals surface area contributed by atoms with Crippen molar-refractivity contribution < 1.29 is 13.9 Å². The van der Waals surface area contributed by atoms with Gasteiger partial charge in [0.05, 0.1) is 7.11 Å². The van der Waals surface area contributed by atoms with Crippen LogP contribution in [-0.4, -0.2) is 44.0 Å². The quantitative estimate of drug-likeness (QED) is 0.605. The molecule has 0 amide bonds. The third-order valence-corrected chi connectivity index (χ3v) is 4.68. The maximum Gasteiger partial charge on any atom is 0.187 e. The Kier molecular flexibility index (Phi) is 5.56. The molecule has 1 saturated heterocycles. The highest BCUT2D eigenvalue weighted by Gasteiger charge is 2.18. The first kappa shape index (κ1) is 18.0. The number of halogens is 1. The van der Waals surface area contributed by atoms with Crippen LogP contribution in [0.15, 0.2) is 60.3 Å². The number of allylic oxidation sites excluding steroid dienone is 2. The lowest BCUT2D eigenvalue weighted by Crippen LogP contribution is -2.45. The molecule has 4 nitrogen and oxygen atoms in total. The molecule has 1 fully saturated rings. The average molecular weight is 354 g/mol. The van der Waals surface area contributed by atoms with Crippen LogP contribution in [0.3, 0.4) is 0 Å². The Bertz CT molecular complexity index is 777. The molecule has 2 aromatic rings. The molecule has 2 aromatic carbocycles. The van der Waals surface area contributed by atoms with Crippen molar-refractivity contribution in [1.29, 1.82) is 0 Å². The number of benzene rings is 2. The zero-order valence-electron chi connectivity index (χ0n) is 15.1. The summed E-state index contributed by atoms with van der Waals surface area (Å²) in [7, 11) is 1.66. The molecule has 0 N–H and O–H groups in total. The highest BCUT2D eigenvalue weighted by molar-refractivity contribution is 6.04. The maximum atomic E-state index is 13.0. The van der Waals surface area contributed by atoms with Crippen molar-refractivity contribution in [2.75, 3.05) is 38.2 Å². The van der Waals surface area contributed by atoms with E-state index in [4.69, 9.17) is 4.74 Å². The highest BCUT2D eigenvalue weighted by Crippen LogP contribution is 2.21. The lowest BCUT2D eigenvalue weighted by atomic mass is 10.1. The normalized spacial score (nSPS) is 15.1. The summed E-state index contributed by atoms with van der Waals surface area (Å²) in [5.41, 5.74) is 2.62. The summed E-state index contributed by atoms with van der Waals surface area (Å²) >= 11 is 0. The minimum absolute atomic E-state index is 0.0971. The standard InChI is InChI=1S/C21H23FN2O2/c1-16(15-21(25)17-3-5-18(22)6-4-17)23-11-13-24(14-12-23)19-7-9-20(26-2)10-8-19/h3-10,15H,11-14H2,1-2H3/b16-15+. The highest BCUT2D eigenvalue weighted by atomic mass is 19.1. The van der Waals surface area contributed by atoms with E-state index in [2.05, 4.69) is 21.9 Å². The Morgan fingerprint density at radius 2 is 1.62 bits per heavy atom. The second kappa shape index (κ2) is 8.04. The number of rotatable bonds is 5. The minimum Gasteiger partial charge on any atom is -0.497 e. The number of piperazine rings is 1. The number of hydrogen-bond acceptors (Lipinski definition) is 4. The largest absolute Gasteiger partial charge is 0.497 e. The molecule has 136 valence electrons. The Hall–Kier alpha value is -2.82. The molecule has 1 aliphatic heterocycles. The second-order valence-corrected chi connectivity index (χ2v) is 6.33. The number of hydrogen-bond donors (Lipinski definition) is 0. The average Bonchev–Trinajstić information content (AvgIpc) is 2.68. The van der Waals surface area contributed by atoms with Gasteiger partial charge in [0.25, 0.3) is 0 Å². The van der Waals surface area contributed by atoms with Gasteiger partial charge in [-0.1, -0.05) is 0 Å². The summed E-state index contributed by atoms with van der Waals surface area (Å²) in [4.78, 5) is 16.8. The van der Waals surface area contributed by atoms with Crippen molar-refractivity contribution in [3.05, 3.63) is 71.7 Å². The van der Waals surface area contributed by atoms with Crippen molar-refractivity contribution >= 4 is 11.5 Å². The number of nitrogens with zero attached hydrogens (tertiary/aromatic N) is 2. The molecule has 26 heavy (non-hydrogen) atoms. The van der Waals surface area contributed by atoms with Crippen molar-refractivity contribution in [3.8, 4) is 5.75 Å². The first-order valence-electron chi connectivity index (χ1n) is 8.69. The van der Waals surface area contributed by atoms with E-state index in [1.54, 1.807) is 13.2 Å². The van der Waals surface area contributed by atoms with Crippen LogP contribution < -0.4 is 9.64 Å². The van der Waals surface area contributed by atoms with Gasteiger partial charge in [-0.25, -0.2) is 4.39 Å². The molecule has 0 spiro atoms. The van der Waals surface area contributed by atoms with E-state index in [0.29, 0.717) is 5.56 Å². The monoisotopic (exact) mass is 354 g/mol. The molecule has 0 radical (unpaired) electrons.